The summed E-state index contributed by atoms with van der Waals surface area (Å²) in [4.78, 5) is 0. The summed E-state index contributed by atoms with van der Waals surface area (Å²) in [7, 11) is 0. The molecule has 0 aromatic heterocycles. The van der Waals surface area contributed by atoms with E-state index in [0.29, 0.717) is 5.92 Å². The van der Waals surface area contributed by atoms with Crippen LogP contribution in [0.3, 0.4) is 0 Å². The van der Waals surface area contributed by atoms with E-state index in [9.17, 15) is 0 Å². The van der Waals surface area contributed by atoms with Gasteiger partial charge in [-0.1, -0.05) is 151 Å². The Balaban J connectivity index is 0.000000214. The largest absolute Gasteiger partial charge is 1.00 e. The fraction of sp³-hybridized carbons (Fsp3) is 0.200. The topological polar surface area (TPSA) is 0 Å². The number of aryl methyl sites for hydroxylation is 5. The molecular weight excluding hydrogens is 791 g/mol. The van der Waals surface area contributed by atoms with E-state index in [1.54, 1.807) is 23.3 Å². The summed E-state index contributed by atoms with van der Waals surface area (Å²) in [5.41, 5.74) is 16.1. The molecule has 0 aliphatic carbocycles. The van der Waals surface area contributed by atoms with Crippen molar-refractivity contribution in [2.45, 2.75) is 67.5 Å². The molecule has 274 valence electrons. The van der Waals surface area contributed by atoms with Gasteiger partial charge in [0.2, 0.25) is 0 Å². The monoisotopic (exact) mass is 838 g/mol. The van der Waals surface area contributed by atoms with Crippen LogP contribution in [0.2, 0.25) is 13.1 Å². The molecule has 0 bridgehead atoms. The second-order valence-corrected chi connectivity index (χ2v) is 24.5. The molecule has 8 rings (SSSR count). The second-order valence-electron chi connectivity index (χ2n) is 15.1. The predicted octanol–water partition coefficient (Wildman–Crippen LogP) is 8.73. The Bertz CT molecular complexity index is 2500. The zero-order valence-corrected chi connectivity index (χ0v) is 38.0. The Kier molecular flexibility index (Phi) is 15.1. The molecule has 0 N–H and O–H groups in total. The number of rotatable bonds is 4. The summed E-state index contributed by atoms with van der Waals surface area (Å²) in [5, 5.41) is 8.00. The van der Waals surface area contributed by atoms with Crippen LogP contribution in [0.4, 0.5) is 0 Å². The summed E-state index contributed by atoms with van der Waals surface area (Å²) in [6.45, 7) is 20.0. The number of halogens is 2. The van der Waals surface area contributed by atoms with E-state index in [2.05, 4.69) is 195 Å². The van der Waals surface area contributed by atoms with Crippen molar-refractivity contribution in [2.75, 3.05) is 0 Å². The standard InChI is InChI=1S/C26H25.C22H19.C2H6Si.2ClH.Zr/c1-16-6-17(2)9-21(8-16)22-14-24-12-20(5)13-25(24)26(15-22)23-10-18(3)7-19(4)11-23;1-15(2)18-13-17-9-6-12-21(22(17)14-18)20-11-5-8-16-7-3-4-10-19(16)20;1-3-2;;;/h6-15H,1-5H3;3-15H,1-2H3;1-2H3;2*1H;/q2*-1;;;;+2/p-2. The maximum Gasteiger partial charge on any atom is -0.0271 e. The minimum atomic E-state index is 0. The number of fused-ring (bicyclic) bond motifs is 3. The van der Waals surface area contributed by atoms with Crippen molar-refractivity contribution in [3.8, 4) is 33.4 Å². The Morgan fingerprint density at radius 1 is 0.481 bits per heavy atom. The molecule has 0 radical (unpaired) electrons. The van der Waals surface area contributed by atoms with Crippen molar-refractivity contribution in [1.29, 1.82) is 0 Å². The average molecular weight is 841 g/mol. The van der Waals surface area contributed by atoms with Crippen LogP contribution in [0, 0.1) is 34.6 Å². The van der Waals surface area contributed by atoms with E-state index in [1.807, 2.05) is 0 Å². The number of hydrogen-bond acceptors (Lipinski definition) is 0. The summed E-state index contributed by atoms with van der Waals surface area (Å²) in [6.07, 6.45) is 0. The second kappa shape index (κ2) is 18.9. The minimum absolute atomic E-state index is 0. The fourth-order valence-corrected chi connectivity index (χ4v) is 7.43. The van der Waals surface area contributed by atoms with Gasteiger partial charge >= 0.3 is 41.9 Å². The van der Waals surface area contributed by atoms with Crippen molar-refractivity contribution in [1.82, 2.24) is 0 Å². The molecule has 0 nitrogen and oxygen atoms in total. The van der Waals surface area contributed by atoms with E-state index in [0.717, 1.165) is 0 Å². The van der Waals surface area contributed by atoms with Gasteiger partial charge in [-0.3, -0.25) is 0 Å². The Labute approximate surface area is 351 Å². The normalized spacial score (nSPS) is 10.7. The van der Waals surface area contributed by atoms with Gasteiger partial charge in [0, 0.05) is 0 Å². The smallest absolute Gasteiger partial charge is 0.0271 e. The maximum absolute atomic E-state index is 2.37. The van der Waals surface area contributed by atoms with Crippen LogP contribution in [0.15, 0.2) is 133 Å². The SMILES string of the molecule is CC(C)c1cc2c(-c3cccc4ccccc34)cccc2[cH-]1.C[Si](C)=[Zr+2].Cc1cc(C)cc(-c2cc(-c3cc(C)cc(C)c3)c3cc(C)[cH-]c3c2)c1.[Cl-].[Cl-]. The van der Waals surface area contributed by atoms with Crippen LogP contribution in [0.5, 0.6) is 0 Å². The first-order valence-corrected chi connectivity index (χ1v) is 24.6. The van der Waals surface area contributed by atoms with Crippen LogP contribution < -0.4 is 24.8 Å². The van der Waals surface area contributed by atoms with Crippen LogP contribution in [-0.2, 0) is 23.3 Å². The fourth-order valence-electron chi connectivity index (χ4n) is 7.43. The number of hydrogen-bond donors (Lipinski definition) is 0. The van der Waals surface area contributed by atoms with Gasteiger partial charge in [0.1, 0.15) is 0 Å². The zero-order valence-electron chi connectivity index (χ0n) is 33.0. The van der Waals surface area contributed by atoms with Crippen molar-refractivity contribution in [2.24, 2.45) is 0 Å². The molecule has 8 aromatic rings. The first kappa shape index (κ1) is 43.2. The Morgan fingerprint density at radius 3 is 1.59 bits per heavy atom. The molecule has 54 heavy (non-hydrogen) atoms. The summed E-state index contributed by atoms with van der Waals surface area (Å²) in [5.74, 6) is 0.563. The first-order valence-electron chi connectivity index (χ1n) is 18.4. The van der Waals surface area contributed by atoms with Crippen LogP contribution in [0.1, 0.15) is 53.1 Å². The summed E-state index contributed by atoms with van der Waals surface area (Å²) in [6, 6.07) is 49.5. The number of benzene rings is 6. The quantitative estimate of drug-likeness (QED) is 0.123. The molecule has 0 saturated heterocycles. The minimum Gasteiger partial charge on any atom is -1.00 e. The van der Waals surface area contributed by atoms with Gasteiger partial charge in [-0.05, 0) is 61.1 Å². The van der Waals surface area contributed by atoms with E-state index in [1.165, 1.54) is 99.1 Å². The van der Waals surface area contributed by atoms with Gasteiger partial charge in [0.15, 0.2) is 0 Å². The molecule has 0 spiro atoms. The first-order chi connectivity index (χ1) is 24.9. The molecule has 0 unspecified atom stereocenters. The maximum atomic E-state index is 2.37. The van der Waals surface area contributed by atoms with Crippen LogP contribution in [-0.4, -0.2) is 5.43 Å². The molecule has 0 heterocycles. The van der Waals surface area contributed by atoms with E-state index in [4.69, 9.17) is 0 Å². The zero-order chi connectivity index (χ0) is 37.1. The van der Waals surface area contributed by atoms with Crippen LogP contribution in [0.25, 0.3) is 65.7 Å². The Morgan fingerprint density at radius 2 is 0.981 bits per heavy atom. The molecule has 0 fully saturated rings. The third kappa shape index (κ3) is 10.2. The van der Waals surface area contributed by atoms with E-state index >= 15 is 0 Å². The molecule has 8 aromatic carbocycles. The van der Waals surface area contributed by atoms with Crippen molar-refractivity contribution >= 4 is 37.8 Å². The van der Waals surface area contributed by atoms with Gasteiger partial charge in [-0.2, -0.15) is 12.1 Å². The summed E-state index contributed by atoms with van der Waals surface area (Å²) >= 11 is 1.74. The molecule has 0 aliphatic heterocycles. The van der Waals surface area contributed by atoms with Gasteiger partial charge in [0.05, 0.1) is 0 Å². The molecule has 0 atom stereocenters. The van der Waals surface area contributed by atoms with Crippen molar-refractivity contribution in [3.05, 3.63) is 167 Å². The van der Waals surface area contributed by atoms with Gasteiger partial charge in [-0.15, -0.1) is 63.0 Å². The van der Waals surface area contributed by atoms with Crippen LogP contribution >= 0.6 is 0 Å². The molecular formula is C50H50Cl2SiZr-2. The Hall–Kier alpha value is -3.52. The molecule has 0 amide bonds. The predicted molar refractivity (Wildman–Crippen MR) is 228 cm³/mol. The molecule has 0 saturated carbocycles. The van der Waals surface area contributed by atoms with Gasteiger partial charge < -0.3 is 24.8 Å². The average Bonchev–Trinajstić information content (AvgIpc) is 3.70. The molecule has 0 aliphatic rings. The summed E-state index contributed by atoms with van der Waals surface area (Å²) < 4.78 is 0. The van der Waals surface area contributed by atoms with Gasteiger partial charge in [-0.25, -0.2) is 0 Å². The van der Waals surface area contributed by atoms with E-state index < -0.39 is 0 Å². The third-order valence-corrected chi connectivity index (χ3v) is 9.57. The van der Waals surface area contributed by atoms with Crippen molar-refractivity contribution < 1.29 is 48.1 Å². The van der Waals surface area contributed by atoms with Gasteiger partial charge in [0.25, 0.3) is 0 Å². The van der Waals surface area contributed by atoms with E-state index in [-0.39, 0.29) is 30.2 Å². The third-order valence-electron chi connectivity index (χ3n) is 9.57. The van der Waals surface area contributed by atoms with Crippen molar-refractivity contribution in [3.63, 3.8) is 0 Å². The molecule has 4 heteroatoms.